The molecule has 3 atom stereocenters. The third-order valence-corrected chi connectivity index (χ3v) is 5.38. The standard InChI is InChI=1S/C21H21F2N3O2/c22-15-7-6-14(17(23)9-15)11-24-16-10-19-20(27)25-18(21(28)26(19)12-16)8-13-4-2-1-3-5-13/h1-7,9,16,18-19,24H,8,10-12H2,(H,25,27)/t16-,18+,19-/m0/s1. The number of hydrogen-bond donors (Lipinski definition) is 2. The monoisotopic (exact) mass is 385 g/mol. The molecule has 2 amide bonds. The van der Waals surface area contributed by atoms with E-state index in [0.29, 0.717) is 24.9 Å². The Morgan fingerprint density at radius 2 is 1.89 bits per heavy atom. The second kappa shape index (κ2) is 7.67. The number of amides is 2. The first-order valence-corrected chi connectivity index (χ1v) is 9.33. The molecule has 0 aromatic heterocycles. The van der Waals surface area contributed by atoms with Crippen LogP contribution in [0.2, 0.25) is 0 Å². The Morgan fingerprint density at radius 1 is 1.11 bits per heavy atom. The van der Waals surface area contributed by atoms with E-state index in [0.717, 1.165) is 11.6 Å². The number of benzene rings is 2. The van der Waals surface area contributed by atoms with E-state index in [1.165, 1.54) is 12.1 Å². The molecule has 0 aliphatic carbocycles. The summed E-state index contributed by atoms with van der Waals surface area (Å²) >= 11 is 0. The van der Waals surface area contributed by atoms with Gasteiger partial charge in [0, 0.05) is 37.2 Å². The Labute approximate surface area is 161 Å². The summed E-state index contributed by atoms with van der Waals surface area (Å²) in [6.07, 6.45) is 0.923. The van der Waals surface area contributed by atoms with E-state index in [-0.39, 0.29) is 24.4 Å². The lowest BCUT2D eigenvalue weighted by Gasteiger charge is -2.34. The summed E-state index contributed by atoms with van der Waals surface area (Å²) in [5.41, 5.74) is 1.34. The maximum absolute atomic E-state index is 13.8. The van der Waals surface area contributed by atoms with Gasteiger partial charge in [0.25, 0.3) is 0 Å². The minimum atomic E-state index is -0.619. The summed E-state index contributed by atoms with van der Waals surface area (Å²) in [5, 5.41) is 6.02. The number of carbonyl (C=O) groups excluding carboxylic acids is 2. The van der Waals surface area contributed by atoms with Crippen LogP contribution in [0, 0.1) is 11.6 Å². The van der Waals surface area contributed by atoms with Gasteiger partial charge in [-0.3, -0.25) is 9.59 Å². The van der Waals surface area contributed by atoms with Gasteiger partial charge in [0.15, 0.2) is 0 Å². The van der Waals surface area contributed by atoms with Crippen LogP contribution in [0.1, 0.15) is 17.5 Å². The van der Waals surface area contributed by atoms with Gasteiger partial charge in [-0.15, -0.1) is 0 Å². The molecular weight excluding hydrogens is 364 g/mol. The fourth-order valence-electron chi connectivity index (χ4n) is 3.91. The number of rotatable bonds is 5. The van der Waals surface area contributed by atoms with Crippen LogP contribution in [0.5, 0.6) is 0 Å². The molecule has 5 nitrogen and oxygen atoms in total. The first kappa shape index (κ1) is 18.6. The Hall–Kier alpha value is -2.80. The van der Waals surface area contributed by atoms with Gasteiger partial charge in [-0.1, -0.05) is 36.4 Å². The molecule has 2 aromatic carbocycles. The second-order valence-electron chi connectivity index (χ2n) is 7.31. The summed E-state index contributed by atoms with van der Waals surface area (Å²) in [6, 6.07) is 11.8. The van der Waals surface area contributed by atoms with E-state index in [9.17, 15) is 18.4 Å². The van der Waals surface area contributed by atoms with Gasteiger partial charge in [0.2, 0.25) is 11.8 Å². The van der Waals surface area contributed by atoms with E-state index in [4.69, 9.17) is 0 Å². The third kappa shape index (κ3) is 3.75. The van der Waals surface area contributed by atoms with Crippen molar-refractivity contribution in [3.05, 3.63) is 71.3 Å². The van der Waals surface area contributed by atoms with Gasteiger partial charge < -0.3 is 15.5 Å². The largest absolute Gasteiger partial charge is 0.342 e. The summed E-state index contributed by atoms with van der Waals surface area (Å²) < 4.78 is 26.8. The van der Waals surface area contributed by atoms with Crippen molar-refractivity contribution >= 4 is 11.8 Å². The van der Waals surface area contributed by atoms with Crippen LogP contribution in [0.25, 0.3) is 0 Å². The molecule has 4 rings (SSSR count). The van der Waals surface area contributed by atoms with Crippen molar-refractivity contribution in [2.75, 3.05) is 6.54 Å². The van der Waals surface area contributed by atoms with Crippen LogP contribution in [0.15, 0.2) is 48.5 Å². The number of carbonyl (C=O) groups is 2. The average Bonchev–Trinajstić information content (AvgIpc) is 3.11. The highest BCUT2D eigenvalue weighted by molar-refractivity contribution is 5.97. The zero-order valence-electron chi connectivity index (χ0n) is 15.2. The van der Waals surface area contributed by atoms with Crippen molar-refractivity contribution in [3.8, 4) is 0 Å². The van der Waals surface area contributed by atoms with Crippen LogP contribution in [0.4, 0.5) is 8.78 Å². The maximum atomic E-state index is 13.8. The van der Waals surface area contributed by atoms with E-state index >= 15 is 0 Å². The number of halogens is 2. The van der Waals surface area contributed by atoms with Crippen molar-refractivity contribution in [1.29, 1.82) is 0 Å². The molecule has 146 valence electrons. The van der Waals surface area contributed by atoms with Crippen molar-refractivity contribution in [2.24, 2.45) is 0 Å². The molecule has 2 saturated heterocycles. The SMILES string of the molecule is O=C1N[C@H](Cc2ccccc2)C(=O)N2C[C@@H](NCc3ccc(F)cc3F)C[C@@H]12. The molecule has 2 N–H and O–H groups in total. The molecule has 28 heavy (non-hydrogen) atoms. The zero-order chi connectivity index (χ0) is 19.7. The van der Waals surface area contributed by atoms with Gasteiger partial charge in [-0.2, -0.15) is 0 Å². The van der Waals surface area contributed by atoms with Gasteiger partial charge >= 0.3 is 0 Å². The molecular formula is C21H21F2N3O2. The third-order valence-electron chi connectivity index (χ3n) is 5.38. The van der Waals surface area contributed by atoms with Crippen LogP contribution >= 0.6 is 0 Å². The minimum Gasteiger partial charge on any atom is -0.342 e. The van der Waals surface area contributed by atoms with Crippen LogP contribution < -0.4 is 10.6 Å². The average molecular weight is 385 g/mol. The van der Waals surface area contributed by atoms with E-state index < -0.39 is 23.7 Å². The highest BCUT2D eigenvalue weighted by atomic mass is 19.1. The molecule has 2 aromatic rings. The lowest BCUT2D eigenvalue weighted by molar-refractivity contribution is -0.147. The lowest BCUT2D eigenvalue weighted by Crippen LogP contribution is -2.61. The van der Waals surface area contributed by atoms with Crippen LogP contribution in [-0.4, -0.2) is 41.4 Å². The minimum absolute atomic E-state index is 0.0919. The Kier molecular flexibility index (Phi) is 5.09. The quantitative estimate of drug-likeness (QED) is 0.825. The highest BCUT2D eigenvalue weighted by Crippen LogP contribution is 2.24. The van der Waals surface area contributed by atoms with E-state index in [1.807, 2.05) is 30.3 Å². The van der Waals surface area contributed by atoms with Gasteiger partial charge in [-0.05, 0) is 18.1 Å². The van der Waals surface area contributed by atoms with Gasteiger partial charge in [0.1, 0.15) is 23.7 Å². The second-order valence-corrected chi connectivity index (χ2v) is 7.31. The first-order valence-electron chi connectivity index (χ1n) is 9.33. The summed E-state index contributed by atoms with van der Waals surface area (Å²) in [6.45, 7) is 0.603. The van der Waals surface area contributed by atoms with Crippen LogP contribution in [-0.2, 0) is 22.6 Å². The fourth-order valence-corrected chi connectivity index (χ4v) is 3.91. The summed E-state index contributed by atoms with van der Waals surface area (Å²) in [7, 11) is 0. The van der Waals surface area contributed by atoms with Crippen molar-refractivity contribution < 1.29 is 18.4 Å². The molecule has 0 spiro atoms. The van der Waals surface area contributed by atoms with Crippen LogP contribution in [0.3, 0.4) is 0 Å². The molecule has 0 radical (unpaired) electrons. The van der Waals surface area contributed by atoms with E-state index in [2.05, 4.69) is 10.6 Å². The lowest BCUT2D eigenvalue weighted by atomic mass is 10.0. The molecule has 0 saturated carbocycles. The zero-order valence-corrected chi connectivity index (χ0v) is 15.2. The first-order chi connectivity index (χ1) is 13.5. The molecule has 2 aliphatic rings. The Bertz CT molecular complexity index is 890. The predicted octanol–water partition coefficient (Wildman–Crippen LogP) is 1.76. The molecule has 2 aliphatic heterocycles. The number of nitrogens with one attached hydrogen (secondary N) is 2. The number of hydrogen-bond acceptors (Lipinski definition) is 3. The predicted molar refractivity (Wildman–Crippen MR) is 99.2 cm³/mol. The van der Waals surface area contributed by atoms with Crippen molar-refractivity contribution in [2.45, 2.75) is 37.5 Å². The maximum Gasteiger partial charge on any atom is 0.246 e. The van der Waals surface area contributed by atoms with E-state index in [1.54, 1.807) is 4.90 Å². The summed E-state index contributed by atoms with van der Waals surface area (Å²) in [4.78, 5) is 27.0. The fraction of sp³-hybridized carbons (Fsp3) is 0.333. The Balaban J connectivity index is 1.39. The molecule has 0 bridgehead atoms. The van der Waals surface area contributed by atoms with Crippen molar-refractivity contribution in [3.63, 3.8) is 0 Å². The summed E-state index contributed by atoms with van der Waals surface area (Å²) in [5.74, 6) is -1.48. The van der Waals surface area contributed by atoms with Gasteiger partial charge in [-0.25, -0.2) is 8.78 Å². The molecule has 0 unspecified atom stereocenters. The number of fused-ring (bicyclic) bond motifs is 1. The normalized spacial score (nSPS) is 24.2. The molecule has 2 heterocycles. The number of nitrogens with zero attached hydrogens (tertiary/aromatic N) is 1. The smallest absolute Gasteiger partial charge is 0.246 e. The topological polar surface area (TPSA) is 61.4 Å². The molecule has 2 fully saturated rings. The van der Waals surface area contributed by atoms with Gasteiger partial charge in [0.05, 0.1) is 0 Å². The van der Waals surface area contributed by atoms with Crippen molar-refractivity contribution in [1.82, 2.24) is 15.5 Å². The number of piperazine rings is 1. The Morgan fingerprint density at radius 3 is 2.64 bits per heavy atom. The molecule has 7 heteroatoms. The highest BCUT2D eigenvalue weighted by Gasteiger charge is 2.46.